The van der Waals surface area contributed by atoms with Gasteiger partial charge in [-0.15, -0.1) is 0 Å². The molecule has 0 spiro atoms. The van der Waals surface area contributed by atoms with Crippen molar-refractivity contribution in [2.45, 2.75) is 32.0 Å². The normalized spacial score (nSPS) is 16.0. The standard InChI is InChI=1S/C23H25N5O2/c29-22-12-11-21(14-24-22)28-17-20(13-25-28)26-23(30)27(15-18-7-3-1-4-8-18)16-19-9-5-2-6-10-19/h1-10,13,17,21H,11-12,14-16H2,(H,24,29)(H,26,30). The lowest BCUT2D eigenvalue weighted by molar-refractivity contribution is -0.122. The summed E-state index contributed by atoms with van der Waals surface area (Å²) in [6.45, 7) is 1.57. The van der Waals surface area contributed by atoms with Crippen LogP contribution in [0.15, 0.2) is 73.1 Å². The molecule has 0 radical (unpaired) electrons. The molecule has 0 bridgehead atoms. The molecular weight excluding hydrogens is 378 g/mol. The first kappa shape index (κ1) is 19.7. The highest BCUT2D eigenvalue weighted by Crippen LogP contribution is 2.19. The van der Waals surface area contributed by atoms with Crippen molar-refractivity contribution in [2.75, 3.05) is 11.9 Å². The third-order valence-electron chi connectivity index (χ3n) is 5.19. The first-order valence-electron chi connectivity index (χ1n) is 10.1. The Hall–Kier alpha value is -3.61. The molecule has 2 heterocycles. The van der Waals surface area contributed by atoms with Crippen LogP contribution in [-0.2, 0) is 17.9 Å². The molecular formula is C23H25N5O2. The Kier molecular flexibility index (Phi) is 6.08. The van der Waals surface area contributed by atoms with E-state index in [1.807, 2.05) is 71.5 Å². The topological polar surface area (TPSA) is 79.3 Å². The van der Waals surface area contributed by atoms with Crippen molar-refractivity contribution in [3.05, 3.63) is 84.2 Å². The van der Waals surface area contributed by atoms with Crippen LogP contribution in [0.2, 0.25) is 0 Å². The van der Waals surface area contributed by atoms with Crippen LogP contribution in [0.4, 0.5) is 10.5 Å². The molecule has 0 aliphatic carbocycles. The number of anilines is 1. The Labute approximate surface area is 175 Å². The molecule has 4 rings (SSSR count). The van der Waals surface area contributed by atoms with E-state index in [-0.39, 0.29) is 18.0 Å². The lowest BCUT2D eigenvalue weighted by Crippen LogP contribution is -2.36. The molecule has 2 N–H and O–H groups in total. The van der Waals surface area contributed by atoms with Crippen LogP contribution in [0.25, 0.3) is 0 Å². The molecule has 1 atom stereocenters. The summed E-state index contributed by atoms with van der Waals surface area (Å²) in [5, 5.41) is 10.2. The number of benzene rings is 2. The van der Waals surface area contributed by atoms with Gasteiger partial charge < -0.3 is 15.5 Å². The van der Waals surface area contributed by atoms with Gasteiger partial charge in [-0.25, -0.2) is 4.79 Å². The second-order valence-electron chi connectivity index (χ2n) is 7.46. The Morgan fingerprint density at radius 1 is 1.07 bits per heavy atom. The lowest BCUT2D eigenvalue weighted by atomic mass is 10.1. The van der Waals surface area contributed by atoms with Gasteiger partial charge in [0, 0.05) is 32.3 Å². The third-order valence-corrected chi connectivity index (χ3v) is 5.19. The quantitative estimate of drug-likeness (QED) is 0.660. The van der Waals surface area contributed by atoms with E-state index < -0.39 is 0 Å². The minimum absolute atomic E-state index is 0.0735. The van der Waals surface area contributed by atoms with Crippen molar-refractivity contribution >= 4 is 17.6 Å². The van der Waals surface area contributed by atoms with Gasteiger partial charge in [-0.2, -0.15) is 5.10 Å². The molecule has 1 saturated heterocycles. The summed E-state index contributed by atoms with van der Waals surface area (Å²) < 4.78 is 1.81. The number of rotatable bonds is 6. The summed E-state index contributed by atoms with van der Waals surface area (Å²) in [6, 6.07) is 19.8. The smallest absolute Gasteiger partial charge is 0.322 e. The van der Waals surface area contributed by atoms with E-state index in [0.29, 0.717) is 31.7 Å². The van der Waals surface area contributed by atoms with E-state index in [1.54, 1.807) is 11.1 Å². The van der Waals surface area contributed by atoms with Crippen molar-refractivity contribution in [1.29, 1.82) is 0 Å². The summed E-state index contributed by atoms with van der Waals surface area (Å²) in [5.74, 6) is 0.0735. The molecule has 0 saturated carbocycles. The van der Waals surface area contributed by atoms with E-state index in [4.69, 9.17) is 0 Å². The molecule has 1 aliphatic rings. The van der Waals surface area contributed by atoms with Gasteiger partial charge in [0.05, 0.1) is 17.9 Å². The fourth-order valence-electron chi connectivity index (χ4n) is 3.56. The second kappa shape index (κ2) is 9.26. The molecule has 154 valence electrons. The highest BCUT2D eigenvalue weighted by Gasteiger charge is 2.21. The van der Waals surface area contributed by atoms with Crippen LogP contribution < -0.4 is 10.6 Å². The van der Waals surface area contributed by atoms with E-state index >= 15 is 0 Å². The van der Waals surface area contributed by atoms with Crippen molar-refractivity contribution < 1.29 is 9.59 Å². The van der Waals surface area contributed by atoms with Crippen LogP contribution in [0.5, 0.6) is 0 Å². The molecule has 1 unspecified atom stereocenters. The second-order valence-corrected chi connectivity index (χ2v) is 7.46. The van der Waals surface area contributed by atoms with Crippen LogP contribution in [0.1, 0.15) is 30.0 Å². The summed E-state index contributed by atoms with van der Waals surface area (Å²) in [4.78, 5) is 26.2. The molecule has 30 heavy (non-hydrogen) atoms. The fourth-order valence-corrected chi connectivity index (χ4v) is 3.56. The maximum absolute atomic E-state index is 13.1. The molecule has 1 aromatic heterocycles. The van der Waals surface area contributed by atoms with Crippen LogP contribution >= 0.6 is 0 Å². The number of carbonyl (C=O) groups is 2. The maximum atomic E-state index is 13.1. The van der Waals surface area contributed by atoms with Crippen LogP contribution in [0.3, 0.4) is 0 Å². The zero-order chi connectivity index (χ0) is 20.8. The van der Waals surface area contributed by atoms with E-state index in [9.17, 15) is 9.59 Å². The van der Waals surface area contributed by atoms with E-state index in [0.717, 1.165) is 17.5 Å². The van der Waals surface area contributed by atoms with Gasteiger partial charge in [0.25, 0.3) is 0 Å². The highest BCUT2D eigenvalue weighted by atomic mass is 16.2. The van der Waals surface area contributed by atoms with E-state index in [1.165, 1.54) is 0 Å². The third kappa shape index (κ3) is 5.05. The van der Waals surface area contributed by atoms with Gasteiger partial charge >= 0.3 is 6.03 Å². The lowest BCUT2D eigenvalue weighted by Gasteiger charge is -2.23. The zero-order valence-electron chi connectivity index (χ0n) is 16.7. The number of amides is 3. The summed E-state index contributed by atoms with van der Waals surface area (Å²) in [6.07, 6.45) is 4.71. The number of urea groups is 1. The number of hydrogen-bond acceptors (Lipinski definition) is 3. The minimum Gasteiger partial charge on any atom is -0.354 e. The Morgan fingerprint density at radius 3 is 2.27 bits per heavy atom. The number of nitrogens with zero attached hydrogens (tertiary/aromatic N) is 3. The van der Waals surface area contributed by atoms with Crippen molar-refractivity contribution in [3.8, 4) is 0 Å². The Morgan fingerprint density at radius 2 is 1.70 bits per heavy atom. The fraction of sp³-hybridized carbons (Fsp3) is 0.261. The number of aromatic nitrogens is 2. The molecule has 7 nitrogen and oxygen atoms in total. The number of hydrogen-bond donors (Lipinski definition) is 2. The highest BCUT2D eigenvalue weighted by molar-refractivity contribution is 5.89. The van der Waals surface area contributed by atoms with Gasteiger partial charge in [-0.1, -0.05) is 60.7 Å². The average molecular weight is 403 g/mol. The predicted molar refractivity (Wildman–Crippen MR) is 115 cm³/mol. The number of piperidine rings is 1. The Bertz CT molecular complexity index is 936. The first-order chi connectivity index (χ1) is 14.7. The van der Waals surface area contributed by atoms with Gasteiger partial charge in [0.1, 0.15) is 0 Å². The van der Waals surface area contributed by atoms with Gasteiger partial charge in [-0.05, 0) is 17.5 Å². The molecule has 7 heteroatoms. The SMILES string of the molecule is O=C1CCC(n2cc(NC(=O)N(Cc3ccccc3)Cc3ccccc3)cn2)CN1. The maximum Gasteiger partial charge on any atom is 0.322 e. The summed E-state index contributed by atoms with van der Waals surface area (Å²) in [7, 11) is 0. The molecule has 3 amide bonds. The van der Waals surface area contributed by atoms with E-state index in [2.05, 4.69) is 15.7 Å². The van der Waals surface area contributed by atoms with Crippen molar-refractivity contribution in [1.82, 2.24) is 20.0 Å². The molecule has 2 aromatic carbocycles. The van der Waals surface area contributed by atoms with Crippen molar-refractivity contribution in [2.24, 2.45) is 0 Å². The zero-order valence-corrected chi connectivity index (χ0v) is 16.7. The molecule has 1 fully saturated rings. The Balaban J connectivity index is 1.45. The number of carbonyl (C=O) groups excluding carboxylic acids is 2. The minimum atomic E-state index is -0.181. The molecule has 3 aromatic rings. The monoisotopic (exact) mass is 403 g/mol. The number of nitrogens with one attached hydrogen (secondary N) is 2. The average Bonchev–Trinajstić information content (AvgIpc) is 3.23. The predicted octanol–water partition coefficient (Wildman–Crippen LogP) is 3.57. The van der Waals surface area contributed by atoms with Crippen molar-refractivity contribution in [3.63, 3.8) is 0 Å². The molecule has 1 aliphatic heterocycles. The van der Waals surface area contributed by atoms with Gasteiger partial charge in [0.2, 0.25) is 5.91 Å². The van der Waals surface area contributed by atoms with Crippen LogP contribution in [0, 0.1) is 0 Å². The largest absolute Gasteiger partial charge is 0.354 e. The van der Waals surface area contributed by atoms with Gasteiger partial charge in [-0.3, -0.25) is 9.48 Å². The summed E-state index contributed by atoms with van der Waals surface area (Å²) in [5.41, 5.74) is 2.78. The first-order valence-corrected chi connectivity index (χ1v) is 10.1. The van der Waals surface area contributed by atoms with Gasteiger partial charge in [0.15, 0.2) is 0 Å². The summed E-state index contributed by atoms with van der Waals surface area (Å²) >= 11 is 0. The van der Waals surface area contributed by atoms with Crippen LogP contribution in [-0.4, -0.2) is 33.2 Å².